The van der Waals surface area contributed by atoms with Crippen LogP contribution in [0.1, 0.15) is 24.0 Å². The fourth-order valence-electron chi connectivity index (χ4n) is 4.40. The number of unbranched alkanes of at least 4 members (excludes halogenated alkanes) is 1. The van der Waals surface area contributed by atoms with Gasteiger partial charge in [0, 0.05) is 43.4 Å². The van der Waals surface area contributed by atoms with Crippen LogP contribution in [0.15, 0.2) is 42.5 Å². The third-order valence-electron chi connectivity index (χ3n) is 6.24. The van der Waals surface area contributed by atoms with Gasteiger partial charge in [0.2, 0.25) is 5.91 Å². The average Bonchev–Trinajstić information content (AvgIpc) is 2.78. The Bertz CT molecular complexity index is 896. The summed E-state index contributed by atoms with van der Waals surface area (Å²) >= 11 is 6.07. The summed E-state index contributed by atoms with van der Waals surface area (Å²) < 4.78 is 5.74. The van der Waals surface area contributed by atoms with Gasteiger partial charge in [-0.05, 0) is 74.2 Å². The second-order valence-electron chi connectivity index (χ2n) is 8.63. The summed E-state index contributed by atoms with van der Waals surface area (Å²) in [5, 5.41) is 3.77. The van der Waals surface area contributed by atoms with Crippen molar-refractivity contribution >= 4 is 23.2 Å². The molecule has 4 rings (SSSR count). The molecular formula is C25H32ClN3O2. The first-order valence-electron chi connectivity index (χ1n) is 11.3. The number of piperazine rings is 1. The zero-order chi connectivity index (χ0) is 21.6. The lowest BCUT2D eigenvalue weighted by Crippen LogP contribution is -2.46. The fourth-order valence-corrected chi connectivity index (χ4v) is 4.60. The van der Waals surface area contributed by atoms with Gasteiger partial charge in [0.25, 0.3) is 0 Å². The lowest BCUT2D eigenvalue weighted by molar-refractivity contribution is -0.126. The van der Waals surface area contributed by atoms with Gasteiger partial charge in [-0.25, -0.2) is 0 Å². The first-order chi connectivity index (χ1) is 15.1. The summed E-state index contributed by atoms with van der Waals surface area (Å²) in [4.78, 5) is 17.5. The van der Waals surface area contributed by atoms with Gasteiger partial charge in [-0.2, -0.15) is 0 Å². The number of aryl methyl sites for hydroxylation is 1. The smallest absolute Gasteiger partial charge is 0.226 e. The number of anilines is 1. The number of ether oxygens (including phenoxy) is 1. The molecule has 2 aromatic carbocycles. The molecule has 5 nitrogen and oxygen atoms in total. The van der Waals surface area contributed by atoms with Crippen LogP contribution in [0, 0.1) is 12.8 Å². The van der Waals surface area contributed by atoms with Crippen LogP contribution in [0.5, 0.6) is 5.75 Å². The Morgan fingerprint density at radius 2 is 1.97 bits per heavy atom. The molecule has 0 bridgehead atoms. The molecule has 1 unspecified atom stereocenters. The Balaban J connectivity index is 1.11. The van der Waals surface area contributed by atoms with Gasteiger partial charge in [0.05, 0.1) is 5.92 Å². The molecule has 0 aromatic heterocycles. The summed E-state index contributed by atoms with van der Waals surface area (Å²) in [7, 11) is 0. The molecule has 166 valence electrons. The second-order valence-corrected chi connectivity index (χ2v) is 9.07. The molecule has 2 aliphatic rings. The van der Waals surface area contributed by atoms with Crippen LogP contribution in [-0.2, 0) is 11.2 Å². The van der Waals surface area contributed by atoms with Crippen LogP contribution in [0.2, 0.25) is 5.02 Å². The predicted octanol–water partition coefficient (Wildman–Crippen LogP) is 3.92. The maximum atomic E-state index is 12.5. The zero-order valence-electron chi connectivity index (χ0n) is 18.3. The van der Waals surface area contributed by atoms with Crippen molar-refractivity contribution < 1.29 is 9.53 Å². The number of hydrogen-bond acceptors (Lipinski definition) is 4. The molecule has 1 saturated heterocycles. The molecule has 0 aliphatic carbocycles. The van der Waals surface area contributed by atoms with Crippen molar-refractivity contribution in [3.05, 3.63) is 58.6 Å². The monoisotopic (exact) mass is 441 g/mol. The van der Waals surface area contributed by atoms with E-state index in [-0.39, 0.29) is 11.8 Å². The first kappa shape index (κ1) is 22.0. The molecule has 31 heavy (non-hydrogen) atoms. The van der Waals surface area contributed by atoms with Gasteiger partial charge in [0.15, 0.2) is 0 Å². The normalized spacial score (nSPS) is 18.9. The summed E-state index contributed by atoms with van der Waals surface area (Å²) in [5.41, 5.74) is 3.66. The number of nitrogens with one attached hydrogen (secondary N) is 1. The van der Waals surface area contributed by atoms with Gasteiger partial charge < -0.3 is 15.0 Å². The fraction of sp³-hybridized carbons (Fsp3) is 0.480. The van der Waals surface area contributed by atoms with Crippen molar-refractivity contribution in [2.75, 3.05) is 50.8 Å². The summed E-state index contributed by atoms with van der Waals surface area (Å²) in [5.74, 6) is 0.786. The van der Waals surface area contributed by atoms with E-state index < -0.39 is 0 Å². The van der Waals surface area contributed by atoms with E-state index in [0.29, 0.717) is 18.1 Å². The van der Waals surface area contributed by atoms with Crippen molar-refractivity contribution in [3.63, 3.8) is 0 Å². The van der Waals surface area contributed by atoms with E-state index in [0.717, 1.165) is 63.4 Å². The lowest BCUT2D eigenvalue weighted by atomic mass is 9.96. The molecule has 1 atom stereocenters. The molecular weight excluding hydrogens is 410 g/mol. The third kappa shape index (κ3) is 5.92. The molecule has 1 N–H and O–H groups in total. The molecule has 2 aliphatic heterocycles. The maximum absolute atomic E-state index is 12.5. The van der Waals surface area contributed by atoms with Crippen LogP contribution in [0.25, 0.3) is 0 Å². The van der Waals surface area contributed by atoms with Gasteiger partial charge in [-0.3, -0.25) is 9.69 Å². The Morgan fingerprint density at radius 1 is 1.13 bits per heavy atom. The largest absolute Gasteiger partial charge is 0.492 e. The van der Waals surface area contributed by atoms with Crippen LogP contribution in [0.4, 0.5) is 5.69 Å². The molecule has 0 saturated carbocycles. The molecule has 2 heterocycles. The number of rotatable bonds is 7. The number of hydrogen-bond donors (Lipinski definition) is 1. The van der Waals surface area contributed by atoms with Gasteiger partial charge in [0.1, 0.15) is 12.4 Å². The van der Waals surface area contributed by atoms with E-state index in [4.69, 9.17) is 16.3 Å². The van der Waals surface area contributed by atoms with E-state index in [2.05, 4.69) is 46.3 Å². The summed E-state index contributed by atoms with van der Waals surface area (Å²) in [6.07, 6.45) is 2.79. The minimum absolute atomic E-state index is 0.0809. The second kappa shape index (κ2) is 10.4. The van der Waals surface area contributed by atoms with Gasteiger partial charge in [-0.1, -0.05) is 23.7 Å². The molecule has 1 amide bonds. The minimum Gasteiger partial charge on any atom is -0.492 e. The van der Waals surface area contributed by atoms with Crippen molar-refractivity contribution in [1.82, 2.24) is 10.2 Å². The number of fused-ring (bicyclic) bond motifs is 1. The van der Waals surface area contributed by atoms with E-state index in [1.165, 1.54) is 11.3 Å². The summed E-state index contributed by atoms with van der Waals surface area (Å²) in [6.45, 7) is 8.75. The van der Waals surface area contributed by atoms with Crippen LogP contribution in [-0.4, -0.2) is 56.7 Å². The Morgan fingerprint density at radius 3 is 2.77 bits per heavy atom. The van der Waals surface area contributed by atoms with Gasteiger partial charge >= 0.3 is 0 Å². The van der Waals surface area contributed by atoms with Crippen molar-refractivity contribution in [3.8, 4) is 5.75 Å². The Labute approximate surface area is 190 Å². The van der Waals surface area contributed by atoms with E-state index in [9.17, 15) is 4.79 Å². The molecule has 6 heteroatoms. The lowest BCUT2D eigenvalue weighted by Gasteiger charge is -2.36. The van der Waals surface area contributed by atoms with E-state index >= 15 is 0 Å². The highest BCUT2D eigenvalue weighted by Gasteiger charge is 2.26. The first-order valence-corrected chi connectivity index (χ1v) is 11.7. The molecule has 2 aromatic rings. The molecule has 1 fully saturated rings. The Hall–Kier alpha value is -2.24. The number of amides is 1. The zero-order valence-corrected chi connectivity index (χ0v) is 19.0. The van der Waals surface area contributed by atoms with Crippen LogP contribution >= 0.6 is 11.6 Å². The van der Waals surface area contributed by atoms with Crippen LogP contribution in [0.3, 0.4) is 0 Å². The predicted molar refractivity (Wildman–Crippen MR) is 126 cm³/mol. The quantitative estimate of drug-likeness (QED) is 0.661. The topological polar surface area (TPSA) is 44.8 Å². The number of carbonyl (C=O) groups excluding carboxylic acids is 1. The Kier molecular flexibility index (Phi) is 7.36. The van der Waals surface area contributed by atoms with Gasteiger partial charge in [-0.15, -0.1) is 0 Å². The van der Waals surface area contributed by atoms with E-state index in [1.54, 1.807) is 0 Å². The van der Waals surface area contributed by atoms with Crippen molar-refractivity contribution in [2.45, 2.75) is 26.2 Å². The van der Waals surface area contributed by atoms with Crippen molar-refractivity contribution in [1.29, 1.82) is 0 Å². The number of benzene rings is 2. The minimum atomic E-state index is -0.138. The van der Waals surface area contributed by atoms with Crippen molar-refractivity contribution in [2.24, 2.45) is 5.92 Å². The number of carbonyl (C=O) groups is 1. The third-order valence-corrected chi connectivity index (χ3v) is 6.47. The number of nitrogens with zero attached hydrogens (tertiary/aromatic N) is 2. The molecule has 0 radical (unpaired) electrons. The SMILES string of the molecule is Cc1cccc(N2CCN(CCCCNC(=O)C3COc4ccc(Cl)cc4C3)CC2)c1. The average molecular weight is 442 g/mol. The number of halogens is 1. The highest BCUT2D eigenvalue weighted by Crippen LogP contribution is 2.29. The van der Waals surface area contributed by atoms with E-state index in [1.807, 2.05) is 18.2 Å². The maximum Gasteiger partial charge on any atom is 0.226 e. The highest BCUT2D eigenvalue weighted by atomic mass is 35.5. The summed E-state index contributed by atoms with van der Waals surface area (Å²) in [6, 6.07) is 14.4. The molecule has 0 spiro atoms. The standard InChI is InChI=1S/C25H32ClN3O2/c1-19-5-4-6-23(15-19)29-13-11-28(12-14-29)10-3-2-9-27-25(30)21-16-20-17-22(26)7-8-24(20)31-18-21/h4-8,15,17,21H,2-3,9-14,16,18H2,1H3,(H,27,30). The van der Waals surface area contributed by atoms with Crippen LogP contribution < -0.4 is 15.0 Å². The highest BCUT2D eigenvalue weighted by molar-refractivity contribution is 6.30.